The second-order valence-corrected chi connectivity index (χ2v) is 7.20. The fourth-order valence-corrected chi connectivity index (χ4v) is 3.16. The van der Waals surface area contributed by atoms with Gasteiger partial charge in [0, 0.05) is 16.7 Å². The Balaban J connectivity index is 1.87. The van der Waals surface area contributed by atoms with E-state index < -0.39 is 11.9 Å². The van der Waals surface area contributed by atoms with Crippen LogP contribution in [0, 0.1) is 11.3 Å². The molecule has 1 amide bonds. The van der Waals surface area contributed by atoms with E-state index in [1.165, 1.54) is 42.5 Å². The van der Waals surface area contributed by atoms with Crippen LogP contribution in [0.1, 0.15) is 16.1 Å². The molecule has 9 heteroatoms. The Labute approximate surface area is 185 Å². The topological polar surface area (TPSA) is 103 Å². The number of carbonyl (C=O) groups excluding carboxylic acids is 1. The zero-order chi connectivity index (χ0) is 21.8. The second kappa shape index (κ2) is 9.06. The molecule has 0 saturated carbocycles. The Hall–Kier alpha value is -3.24. The van der Waals surface area contributed by atoms with Gasteiger partial charge in [0.25, 0.3) is 5.91 Å². The van der Waals surface area contributed by atoms with Gasteiger partial charge in [0.2, 0.25) is 0 Å². The molecule has 0 bridgehead atoms. The number of nitriles is 1. The average molecular weight is 462 g/mol. The molecular formula is C21H11Cl3N2O4. The summed E-state index contributed by atoms with van der Waals surface area (Å²) in [5.74, 6) is -1.31. The number of hydrogen-bond acceptors (Lipinski definition) is 4. The number of halogens is 3. The van der Waals surface area contributed by atoms with Crippen molar-refractivity contribution < 1.29 is 19.1 Å². The van der Waals surface area contributed by atoms with Crippen LogP contribution in [0.2, 0.25) is 15.1 Å². The molecule has 2 N–H and O–H groups in total. The number of carboxylic acid groups (broad SMARTS) is 1. The number of rotatable bonds is 5. The van der Waals surface area contributed by atoms with Crippen LogP contribution < -0.4 is 5.32 Å². The van der Waals surface area contributed by atoms with Crippen molar-refractivity contribution in [1.29, 1.82) is 5.26 Å². The molecule has 0 aliphatic rings. The second-order valence-electron chi connectivity index (χ2n) is 5.95. The minimum Gasteiger partial charge on any atom is -0.478 e. The summed E-state index contributed by atoms with van der Waals surface area (Å²) in [5.41, 5.74) is 0.476. The van der Waals surface area contributed by atoms with E-state index in [2.05, 4.69) is 5.32 Å². The summed E-state index contributed by atoms with van der Waals surface area (Å²) in [6.45, 7) is 0. The van der Waals surface area contributed by atoms with Crippen molar-refractivity contribution in [1.82, 2.24) is 0 Å². The molecule has 1 aromatic heterocycles. The van der Waals surface area contributed by atoms with E-state index in [-0.39, 0.29) is 27.7 Å². The number of nitrogens with one attached hydrogen (secondary N) is 1. The van der Waals surface area contributed by atoms with Crippen LogP contribution >= 0.6 is 34.8 Å². The quantitative estimate of drug-likeness (QED) is 0.350. The van der Waals surface area contributed by atoms with E-state index in [9.17, 15) is 14.9 Å². The molecule has 0 radical (unpaired) electrons. The lowest BCUT2D eigenvalue weighted by Gasteiger charge is -2.06. The zero-order valence-electron chi connectivity index (χ0n) is 14.9. The Morgan fingerprint density at radius 3 is 2.47 bits per heavy atom. The van der Waals surface area contributed by atoms with Gasteiger partial charge in [0.05, 0.1) is 21.3 Å². The van der Waals surface area contributed by atoms with Gasteiger partial charge in [-0.3, -0.25) is 4.79 Å². The number of amides is 1. The first-order valence-corrected chi connectivity index (χ1v) is 9.43. The monoisotopic (exact) mass is 460 g/mol. The Morgan fingerprint density at radius 2 is 1.80 bits per heavy atom. The van der Waals surface area contributed by atoms with Crippen LogP contribution in [-0.4, -0.2) is 17.0 Å². The maximum atomic E-state index is 12.4. The molecule has 0 aliphatic heterocycles. The number of carbonyl (C=O) groups is 2. The first kappa shape index (κ1) is 21.5. The Morgan fingerprint density at radius 1 is 1.03 bits per heavy atom. The van der Waals surface area contributed by atoms with E-state index in [0.717, 1.165) is 0 Å². The predicted octanol–water partition coefficient (Wildman–Crippen LogP) is 6.15. The van der Waals surface area contributed by atoms with E-state index in [4.69, 9.17) is 44.3 Å². The number of nitrogens with zero attached hydrogens (tertiary/aromatic N) is 1. The minimum atomic E-state index is -1.11. The van der Waals surface area contributed by atoms with E-state index in [1.54, 1.807) is 18.2 Å². The third kappa shape index (κ3) is 4.84. The minimum absolute atomic E-state index is 0.0415. The SMILES string of the molecule is N#C/C(=C/c1ccc(-c2cc(C(=O)O)ccc2Cl)o1)C(=O)Nc1ccc(Cl)cc1Cl. The highest BCUT2D eigenvalue weighted by Crippen LogP contribution is 2.31. The number of benzene rings is 2. The van der Waals surface area contributed by atoms with Crippen molar-refractivity contribution in [2.45, 2.75) is 0 Å². The van der Waals surface area contributed by atoms with Crippen molar-refractivity contribution in [3.63, 3.8) is 0 Å². The standard InChI is InChI=1S/C21H11Cl3N2O4/c22-13-2-5-18(17(24)9-13)26-20(27)12(10-25)7-14-3-6-19(30-14)15-8-11(21(28)29)1-4-16(15)23/h1-9H,(H,26,27)(H,28,29)/b12-7-. The summed E-state index contributed by atoms with van der Waals surface area (Å²) in [5, 5.41) is 21.9. The lowest BCUT2D eigenvalue weighted by atomic mass is 10.1. The van der Waals surface area contributed by atoms with Crippen molar-refractivity contribution in [2.75, 3.05) is 5.32 Å². The fraction of sp³-hybridized carbons (Fsp3) is 0. The third-order valence-corrected chi connectivity index (χ3v) is 4.81. The molecule has 3 aromatic rings. The van der Waals surface area contributed by atoms with Crippen LogP contribution in [0.5, 0.6) is 0 Å². The van der Waals surface area contributed by atoms with Crippen LogP contribution in [0.4, 0.5) is 5.69 Å². The summed E-state index contributed by atoms with van der Waals surface area (Å²) >= 11 is 18.0. The molecule has 6 nitrogen and oxygen atoms in total. The molecule has 0 unspecified atom stereocenters. The maximum Gasteiger partial charge on any atom is 0.335 e. The summed E-state index contributed by atoms with van der Waals surface area (Å²) in [4.78, 5) is 23.6. The van der Waals surface area contributed by atoms with E-state index in [1.807, 2.05) is 0 Å². The Kier molecular flexibility index (Phi) is 6.48. The predicted molar refractivity (Wildman–Crippen MR) is 115 cm³/mol. The molecule has 0 aliphatic carbocycles. The molecule has 0 fully saturated rings. The van der Waals surface area contributed by atoms with E-state index >= 15 is 0 Å². The first-order valence-electron chi connectivity index (χ1n) is 8.29. The number of aromatic carboxylic acids is 1. The highest BCUT2D eigenvalue weighted by Gasteiger charge is 2.15. The van der Waals surface area contributed by atoms with Crippen LogP contribution in [0.25, 0.3) is 17.4 Å². The molecular weight excluding hydrogens is 451 g/mol. The highest BCUT2D eigenvalue weighted by atomic mass is 35.5. The van der Waals surface area contributed by atoms with E-state index in [0.29, 0.717) is 21.3 Å². The average Bonchev–Trinajstić information content (AvgIpc) is 3.16. The molecule has 2 aromatic carbocycles. The zero-order valence-corrected chi connectivity index (χ0v) is 17.2. The molecule has 0 atom stereocenters. The number of carboxylic acids is 1. The van der Waals surface area contributed by atoms with Gasteiger partial charge < -0.3 is 14.8 Å². The molecule has 0 saturated heterocycles. The largest absolute Gasteiger partial charge is 0.478 e. The molecule has 30 heavy (non-hydrogen) atoms. The van der Waals surface area contributed by atoms with Gasteiger partial charge in [-0.05, 0) is 48.5 Å². The van der Waals surface area contributed by atoms with Gasteiger partial charge in [-0.25, -0.2) is 4.79 Å². The van der Waals surface area contributed by atoms with Crippen molar-refractivity contribution in [3.05, 3.63) is 80.5 Å². The van der Waals surface area contributed by atoms with Crippen molar-refractivity contribution in [2.24, 2.45) is 0 Å². The molecule has 3 rings (SSSR count). The van der Waals surface area contributed by atoms with Crippen molar-refractivity contribution >= 4 is 58.4 Å². The van der Waals surface area contributed by atoms with Gasteiger partial charge in [-0.15, -0.1) is 0 Å². The highest BCUT2D eigenvalue weighted by molar-refractivity contribution is 6.37. The first-order chi connectivity index (χ1) is 14.3. The summed E-state index contributed by atoms with van der Waals surface area (Å²) < 4.78 is 5.63. The van der Waals surface area contributed by atoms with Gasteiger partial charge in [0.1, 0.15) is 23.2 Å². The lowest BCUT2D eigenvalue weighted by molar-refractivity contribution is -0.112. The lowest BCUT2D eigenvalue weighted by Crippen LogP contribution is -2.13. The maximum absolute atomic E-state index is 12.4. The number of hydrogen-bond donors (Lipinski definition) is 2. The smallest absolute Gasteiger partial charge is 0.335 e. The number of anilines is 1. The van der Waals surface area contributed by atoms with Gasteiger partial charge in [-0.2, -0.15) is 5.26 Å². The fourth-order valence-electron chi connectivity index (χ4n) is 2.49. The normalized spacial score (nSPS) is 11.1. The van der Waals surface area contributed by atoms with Crippen molar-refractivity contribution in [3.8, 4) is 17.4 Å². The van der Waals surface area contributed by atoms with Gasteiger partial charge in [-0.1, -0.05) is 34.8 Å². The molecule has 0 spiro atoms. The van der Waals surface area contributed by atoms with Crippen LogP contribution in [-0.2, 0) is 4.79 Å². The summed E-state index contributed by atoms with van der Waals surface area (Å²) in [7, 11) is 0. The third-order valence-electron chi connectivity index (χ3n) is 3.94. The summed E-state index contributed by atoms with van der Waals surface area (Å²) in [6.07, 6.45) is 1.25. The number of furan rings is 1. The molecule has 150 valence electrons. The van der Waals surface area contributed by atoms with Gasteiger partial charge >= 0.3 is 5.97 Å². The van der Waals surface area contributed by atoms with Gasteiger partial charge in [0.15, 0.2) is 0 Å². The van der Waals surface area contributed by atoms with Crippen LogP contribution in [0.3, 0.4) is 0 Å². The molecule has 1 heterocycles. The Bertz CT molecular complexity index is 1230. The van der Waals surface area contributed by atoms with Crippen LogP contribution in [0.15, 0.2) is 58.5 Å². The summed E-state index contributed by atoms with van der Waals surface area (Å²) in [6, 6.07) is 13.6.